The quantitative estimate of drug-likeness (QED) is 0.290. The van der Waals surface area contributed by atoms with Gasteiger partial charge in [0.2, 0.25) is 0 Å². The van der Waals surface area contributed by atoms with E-state index in [0.717, 1.165) is 6.92 Å². The number of carbonyl (C=O) groups excluding carboxylic acids is 3. The number of hydrogen-bond acceptors (Lipinski definition) is 6. The molecule has 0 N–H and O–H groups in total. The maximum absolute atomic E-state index is 10.6. The first-order valence-corrected chi connectivity index (χ1v) is 3.57. The molecule has 0 aliphatic carbocycles. The van der Waals surface area contributed by atoms with E-state index in [1.165, 1.54) is 0 Å². The number of esters is 2. The second-order valence-electron chi connectivity index (χ2n) is 1.94. The summed E-state index contributed by atoms with van der Waals surface area (Å²) in [6.07, 6.45) is -1.10. The molecule has 0 spiro atoms. The molecule has 0 rings (SSSR count). The van der Waals surface area contributed by atoms with Crippen LogP contribution in [-0.2, 0) is 23.8 Å². The van der Waals surface area contributed by atoms with Gasteiger partial charge in [0.1, 0.15) is 0 Å². The second kappa shape index (κ2) is 8.98. The number of rotatable bonds is 3. The molecule has 76 valence electrons. The fraction of sp³-hybridized carbons (Fsp3) is 0.571. The van der Waals surface area contributed by atoms with Crippen LogP contribution in [-0.4, -0.2) is 31.3 Å². The van der Waals surface area contributed by atoms with Crippen molar-refractivity contribution in [3.8, 4) is 0 Å². The Morgan fingerprint density at radius 1 is 1.21 bits per heavy atom. The maximum Gasteiger partial charge on any atom is 1.00 e. The number of carbonyl (C=O) groups is 3. The first-order chi connectivity index (χ1) is 6.06. The van der Waals surface area contributed by atoms with Crippen LogP contribution < -0.4 is 29.6 Å². The smallest absolute Gasteiger partial charge is 1.00 e. The molecular weight excluding hydrogens is 203 g/mol. The van der Waals surface area contributed by atoms with Gasteiger partial charge in [0.15, 0.2) is 6.61 Å². The van der Waals surface area contributed by atoms with Crippen LogP contribution in [0.2, 0.25) is 0 Å². The molecule has 0 atom stereocenters. The summed E-state index contributed by atoms with van der Waals surface area (Å²) in [4.78, 5) is 31.3. The van der Waals surface area contributed by atoms with Crippen molar-refractivity contribution in [2.24, 2.45) is 0 Å². The van der Waals surface area contributed by atoms with Gasteiger partial charge < -0.3 is 15.6 Å². The molecule has 0 radical (unpaired) electrons. The summed E-state index contributed by atoms with van der Waals surface area (Å²) in [6.45, 7) is 2.23. The van der Waals surface area contributed by atoms with Crippen molar-refractivity contribution in [1.82, 2.24) is 0 Å². The Labute approximate surface area is 105 Å². The second-order valence-corrected chi connectivity index (χ2v) is 1.94. The van der Waals surface area contributed by atoms with Crippen LogP contribution in [0, 0.1) is 0 Å². The fourth-order valence-electron chi connectivity index (χ4n) is 0.430. The third-order valence-corrected chi connectivity index (χ3v) is 0.853. The zero-order valence-electron chi connectivity index (χ0n) is 9.36. The van der Waals surface area contributed by atoms with Crippen molar-refractivity contribution in [3.05, 3.63) is 0 Å². The van der Waals surface area contributed by atoms with Crippen molar-refractivity contribution in [2.45, 2.75) is 13.8 Å². The molecule has 6 nitrogen and oxygen atoms in total. The van der Waals surface area contributed by atoms with E-state index in [1.54, 1.807) is 6.92 Å². The third kappa shape index (κ3) is 9.50. The number of ether oxygens (including phenoxy) is 3. The van der Waals surface area contributed by atoms with Crippen LogP contribution >= 0.6 is 0 Å². The van der Waals surface area contributed by atoms with E-state index < -0.39 is 24.7 Å². The first kappa shape index (κ1) is 15.9. The van der Waals surface area contributed by atoms with Crippen molar-refractivity contribution >= 4 is 18.1 Å². The van der Waals surface area contributed by atoms with Crippen molar-refractivity contribution in [3.63, 3.8) is 0 Å². The van der Waals surface area contributed by atoms with E-state index in [9.17, 15) is 14.4 Å². The van der Waals surface area contributed by atoms with E-state index in [-0.39, 0.29) is 37.6 Å². The van der Waals surface area contributed by atoms with E-state index in [1.807, 2.05) is 0 Å². The molecule has 0 aliphatic heterocycles. The first-order valence-electron chi connectivity index (χ1n) is 3.57. The van der Waals surface area contributed by atoms with Crippen molar-refractivity contribution in [2.75, 3.05) is 13.2 Å². The SMILES string of the molecule is CCOC(=O)OC(=O)COC(C)=O.[H-].[Na+]. The molecule has 0 aromatic rings. The molecule has 0 saturated carbocycles. The average molecular weight is 214 g/mol. The van der Waals surface area contributed by atoms with Gasteiger partial charge in [-0.05, 0) is 6.92 Å². The fourth-order valence-corrected chi connectivity index (χ4v) is 0.430. The summed E-state index contributed by atoms with van der Waals surface area (Å²) in [6, 6.07) is 0. The van der Waals surface area contributed by atoms with Gasteiger partial charge in [0.25, 0.3) is 0 Å². The third-order valence-electron chi connectivity index (χ3n) is 0.853. The Morgan fingerprint density at radius 3 is 2.21 bits per heavy atom. The van der Waals surface area contributed by atoms with Gasteiger partial charge >= 0.3 is 47.7 Å². The minimum Gasteiger partial charge on any atom is -1.00 e. The summed E-state index contributed by atoms with van der Waals surface area (Å²) < 4.78 is 12.6. The Hall–Kier alpha value is -0.590. The molecule has 0 aromatic carbocycles. The van der Waals surface area contributed by atoms with Gasteiger partial charge in [-0.3, -0.25) is 4.79 Å². The van der Waals surface area contributed by atoms with Crippen molar-refractivity contribution in [1.29, 1.82) is 0 Å². The molecule has 0 amide bonds. The molecule has 0 unspecified atom stereocenters. The minimum absolute atomic E-state index is 0. The monoisotopic (exact) mass is 214 g/mol. The van der Waals surface area contributed by atoms with Crippen LogP contribution in [0.1, 0.15) is 15.3 Å². The van der Waals surface area contributed by atoms with Crippen LogP contribution in [0.5, 0.6) is 0 Å². The van der Waals surface area contributed by atoms with E-state index >= 15 is 0 Å². The van der Waals surface area contributed by atoms with Gasteiger partial charge in [0.05, 0.1) is 6.61 Å². The predicted molar refractivity (Wildman–Crippen MR) is 40.9 cm³/mol. The van der Waals surface area contributed by atoms with Crippen LogP contribution in [0.25, 0.3) is 0 Å². The topological polar surface area (TPSA) is 78.9 Å². The van der Waals surface area contributed by atoms with Gasteiger partial charge in [-0.2, -0.15) is 0 Å². The molecule has 0 fully saturated rings. The Kier molecular flexibility index (Phi) is 10.2. The summed E-state index contributed by atoms with van der Waals surface area (Å²) in [7, 11) is 0. The molecule has 0 heterocycles. The Morgan fingerprint density at radius 2 is 1.79 bits per heavy atom. The molecule has 0 aromatic heterocycles. The van der Waals surface area contributed by atoms with Gasteiger partial charge in [-0.1, -0.05) is 0 Å². The molecule has 7 heteroatoms. The molecule has 14 heavy (non-hydrogen) atoms. The van der Waals surface area contributed by atoms with Crippen molar-refractivity contribution < 1.29 is 59.6 Å². The minimum atomic E-state index is -1.10. The van der Waals surface area contributed by atoms with Crippen LogP contribution in [0.4, 0.5) is 4.79 Å². The zero-order valence-corrected chi connectivity index (χ0v) is 10.4. The molecule has 0 saturated heterocycles. The van der Waals surface area contributed by atoms with E-state index in [0.29, 0.717) is 0 Å². The summed E-state index contributed by atoms with van der Waals surface area (Å²) in [5.74, 6) is -1.59. The standard InChI is InChI=1S/C7H10O6.Na.H/c1-3-11-7(10)13-6(9)4-12-5(2)8;;/h3-4H2,1-2H3;;/q;+1;-1. The molecule has 0 aliphatic rings. The molecule has 0 bridgehead atoms. The summed E-state index contributed by atoms with van der Waals surface area (Å²) in [5, 5.41) is 0. The predicted octanol–water partition coefficient (Wildman–Crippen LogP) is -2.63. The average Bonchev–Trinajstić information content (AvgIpc) is 2.01. The Bertz CT molecular complexity index is 220. The normalized spacial score (nSPS) is 8.14. The summed E-state index contributed by atoms with van der Waals surface area (Å²) >= 11 is 0. The Balaban J connectivity index is -0.000000720. The maximum atomic E-state index is 10.6. The molecular formula is C7H11NaO6. The van der Waals surface area contributed by atoms with Gasteiger partial charge in [-0.25, -0.2) is 9.59 Å². The summed E-state index contributed by atoms with van der Waals surface area (Å²) in [5.41, 5.74) is 0. The van der Waals surface area contributed by atoms with Gasteiger partial charge in [-0.15, -0.1) is 0 Å². The van der Waals surface area contributed by atoms with E-state index in [4.69, 9.17) is 0 Å². The van der Waals surface area contributed by atoms with E-state index in [2.05, 4.69) is 14.2 Å². The van der Waals surface area contributed by atoms with Gasteiger partial charge in [0, 0.05) is 6.92 Å². The largest absolute Gasteiger partial charge is 1.00 e. The van der Waals surface area contributed by atoms with Crippen LogP contribution in [0.15, 0.2) is 0 Å². The number of hydrogen-bond donors (Lipinski definition) is 0. The van der Waals surface area contributed by atoms with Crippen LogP contribution in [0.3, 0.4) is 0 Å². The zero-order chi connectivity index (χ0) is 10.3.